The number of nitrogens with one attached hydrogen (secondary N) is 1. The molecular weight excluding hydrogens is 1300 g/mol. The van der Waals surface area contributed by atoms with Crippen LogP contribution in [0.4, 0.5) is 17.6 Å². The Morgan fingerprint density at radius 2 is 1.00 bits per heavy atom. The van der Waals surface area contributed by atoms with Gasteiger partial charge in [0.15, 0.2) is 0 Å². The molecule has 0 spiro atoms. The van der Waals surface area contributed by atoms with E-state index in [0.29, 0.717) is 70.4 Å². The number of esters is 2. The molecule has 2 amide bonds. The molecule has 93 heavy (non-hydrogen) atoms. The molecule has 2 N–H and O–H groups in total. The number of hydrogen-bond donors (Lipinski definition) is 1. The van der Waals surface area contributed by atoms with Crippen molar-refractivity contribution in [2.24, 2.45) is 0 Å². The van der Waals surface area contributed by atoms with E-state index in [1.165, 1.54) is 65.7 Å². The van der Waals surface area contributed by atoms with Crippen molar-refractivity contribution in [1.29, 1.82) is 0 Å². The Kier molecular flexibility index (Phi) is 40.2. The molecule has 5 aromatic carbocycles. The first-order valence-electron chi connectivity index (χ1n) is 32.2. The number of piperidine rings is 2. The van der Waals surface area contributed by atoms with Crippen molar-refractivity contribution in [3.05, 3.63) is 223 Å². The molecule has 5 atom stereocenters. The number of nitrogens with zero attached hydrogens (tertiary/aromatic N) is 2. The summed E-state index contributed by atoms with van der Waals surface area (Å²) in [5.74, 6) is -8.06. The van der Waals surface area contributed by atoms with E-state index in [4.69, 9.17) is 15.2 Å². The van der Waals surface area contributed by atoms with Crippen LogP contribution in [-0.4, -0.2) is 87.9 Å². The summed E-state index contributed by atoms with van der Waals surface area (Å²) in [6, 6.07) is 41.9. The molecule has 0 unspecified atom stereocenters. The number of unbranched alkanes of at least 4 members (excludes halogenated alkanes) is 6. The summed E-state index contributed by atoms with van der Waals surface area (Å²) in [5, 5.41) is 10.1. The van der Waals surface area contributed by atoms with Crippen LogP contribution in [0.2, 0.25) is 0 Å². The molecule has 0 aliphatic carbocycles. The molecule has 0 saturated carbocycles. The number of likely N-dealkylation sites (tertiary alicyclic amines) is 2. The average molecular weight is 1400 g/mol. The number of rotatable bonds is 28. The fourth-order valence-electron chi connectivity index (χ4n) is 10.3. The number of aryl methyl sites for hydroxylation is 1. The second-order valence-corrected chi connectivity index (χ2v) is 24.0. The van der Waals surface area contributed by atoms with Crippen molar-refractivity contribution in [3.8, 4) is 0 Å². The van der Waals surface area contributed by atoms with Crippen LogP contribution >= 0.6 is 9.69 Å². The number of carbonyl (C=O) groups excluding carboxylic acids is 5. The third-order valence-electron chi connectivity index (χ3n) is 15.5. The van der Waals surface area contributed by atoms with Crippen LogP contribution in [0, 0.1) is 21.3 Å². The molecule has 2 heterocycles. The fourth-order valence-corrected chi connectivity index (χ4v) is 10.3. The number of halogens is 5. The Morgan fingerprint density at radius 3 is 1.43 bits per heavy atom. The van der Waals surface area contributed by atoms with E-state index < -0.39 is 23.7 Å². The minimum atomic E-state index is -3.60. The summed E-state index contributed by atoms with van der Waals surface area (Å²) in [5.41, 5.74) is 12.5. The van der Waals surface area contributed by atoms with Gasteiger partial charge >= 0.3 is 50.8 Å². The van der Waals surface area contributed by atoms with Gasteiger partial charge in [-0.3, -0.25) is 24.0 Å². The van der Waals surface area contributed by atoms with Gasteiger partial charge in [-0.1, -0.05) is 220 Å². The first-order chi connectivity index (χ1) is 43.9. The minimum absolute atomic E-state index is 0. The van der Waals surface area contributed by atoms with Crippen molar-refractivity contribution in [3.63, 3.8) is 0 Å². The summed E-state index contributed by atoms with van der Waals surface area (Å²) in [6.07, 6.45) is 13.6. The van der Waals surface area contributed by atoms with Gasteiger partial charge in [-0.2, -0.15) is 23.5 Å². The van der Waals surface area contributed by atoms with Crippen LogP contribution in [0.15, 0.2) is 170 Å². The number of amides is 2. The van der Waals surface area contributed by atoms with E-state index in [-0.39, 0.29) is 78.6 Å². The van der Waals surface area contributed by atoms with Gasteiger partial charge in [0.25, 0.3) is 0 Å². The zero-order chi connectivity index (χ0) is 68.1. The zero-order valence-corrected chi connectivity index (χ0v) is 58.2. The average Bonchev–Trinajstić information content (AvgIpc) is 0.921. The summed E-state index contributed by atoms with van der Waals surface area (Å²) in [7, 11) is 4.57. The maximum absolute atomic E-state index is 14.5. The van der Waals surface area contributed by atoms with Gasteiger partial charge in [0.2, 0.25) is 17.6 Å². The molecule has 510 valence electrons. The van der Waals surface area contributed by atoms with Gasteiger partial charge < -0.3 is 44.5 Å². The van der Waals surface area contributed by atoms with Gasteiger partial charge in [0, 0.05) is 49.9 Å². The summed E-state index contributed by atoms with van der Waals surface area (Å²) in [6.45, 7) is 19.0. The molecule has 7 rings (SSSR count). The van der Waals surface area contributed by atoms with Crippen LogP contribution in [0.3, 0.4) is 0 Å². The number of aliphatic hydroxyl groups is 1. The fraction of sp³-hybridized carbons (Fsp3) is 0.461. The van der Waals surface area contributed by atoms with Crippen molar-refractivity contribution < 1.29 is 73.4 Å². The van der Waals surface area contributed by atoms with Crippen LogP contribution in [-0.2, 0) is 62.6 Å². The number of benzene rings is 5. The molecule has 5 aromatic rings. The van der Waals surface area contributed by atoms with Gasteiger partial charge in [-0.05, 0) is 104 Å². The predicted octanol–water partition coefficient (Wildman–Crippen LogP) is 18.8. The standard InChI is InChI=1S/C25H35F2NO4.C25H33F2NO4.C15H15N.C10H14.CH3.ClH.Ru/c2*1-19(2)32-24(31)15-8-3-4-9-18-28-21(13-10-14-23(28)30)16-17-22(29)25(26,27)20-11-6-5-7-12-20;1-12(13-8-4-2-5-9-13)15(16)14-10-6-3-7-11-14;1-8(2)10-6-4-9(3)5-7-10;;;/h5-7,11-12,16-17,19,21-22,29H,3-4,8-10,13-15,18H2,1-2H3;5-7,11-12,16-17,19,21H,3-4,8-10,13-15,18H2,1-2H3;2-12,15-16H,1H2;4-8H,1-3H3;1H3;1H;/q;;-2;;-1;;+4/p-1/b2*17-16+;;;;;/t21-,22-;21-;12-,15+;;;;/m111..../s1. The van der Waals surface area contributed by atoms with Crippen molar-refractivity contribution >= 4 is 39.2 Å². The van der Waals surface area contributed by atoms with E-state index in [1.807, 2.05) is 106 Å². The molecule has 2 fully saturated rings. The van der Waals surface area contributed by atoms with E-state index in [9.17, 15) is 46.6 Å². The number of ether oxygens (including phenoxy) is 2. The molecule has 2 aliphatic rings. The van der Waals surface area contributed by atoms with Crippen LogP contribution in [0.25, 0.3) is 5.73 Å². The first-order valence-corrected chi connectivity index (χ1v) is 34.4. The zero-order valence-electron chi connectivity index (χ0n) is 55.7. The third kappa shape index (κ3) is 30.8. The summed E-state index contributed by atoms with van der Waals surface area (Å²) < 4.78 is 68.0. The Morgan fingerprint density at radius 1 is 0.602 bits per heavy atom. The monoisotopic (exact) mass is 1400 g/mol. The summed E-state index contributed by atoms with van der Waals surface area (Å²) >= 11 is 1.82. The normalized spacial score (nSPS) is 15.9. The second-order valence-electron chi connectivity index (χ2n) is 24.0. The molecule has 2 aliphatic heterocycles. The number of allylic oxidation sites excluding steroid dienone is 1. The van der Waals surface area contributed by atoms with Gasteiger partial charge in [0.05, 0.1) is 24.3 Å². The van der Waals surface area contributed by atoms with E-state index >= 15 is 0 Å². The maximum atomic E-state index is 14.5. The molecule has 2 saturated heterocycles. The number of ketones is 1. The molecule has 0 bridgehead atoms. The SMILES string of the molecule is CC(C)OC(=O)CCCCCCN1C(=O)CCC[C@@H]1/C=C/C(=O)C(F)(F)c1ccccc1.CC(C)OC(=O)CCCCCCN1C(=O)CCC[C@@H]1/C=C/[C@@H](O)C(F)(F)c1ccccc1.Cc1ccc(C(C)C)cc1.[CH2-][C@H](c1ccccc1)[C@H]([NH-])c1ccccc1.[CH3-].[Cl][Ru+3]. The first kappa shape index (κ1) is 82.8. The van der Waals surface area contributed by atoms with E-state index in [0.717, 1.165) is 74.6 Å². The topological polar surface area (TPSA) is 154 Å². The van der Waals surface area contributed by atoms with E-state index in [2.05, 4.69) is 61.7 Å². The second kappa shape index (κ2) is 45.1. The molecule has 17 heteroatoms. The van der Waals surface area contributed by atoms with Gasteiger partial charge in [-0.15, -0.1) is 6.04 Å². The van der Waals surface area contributed by atoms with Crippen LogP contribution in [0.1, 0.15) is 196 Å². The number of hydrogen-bond acceptors (Lipinski definition) is 8. The van der Waals surface area contributed by atoms with Crippen molar-refractivity contribution in [1.82, 2.24) is 9.80 Å². The molecule has 11 nitrogen and oxygen atoms in total. The van der Waals surface area contributed by atoms with Gasteiger partial charge in [-0.25, -0.2) is 0 Å². The third-order valence-corrected chi connectivity index (χ3v) is 15.5. The quantitative estimate of drug-likeness (QED) is 0.00987. The molecule has 0 aromatic heterocycles. The Hall–Kier alpha value is -6.32. The van der Waals surface area contributed by atoms with Crippen LogP contribution in [0.5, 0.6) is 0 Å². The van der Waals surface area contributed by atoms with Crippen molar-refractivity contribution in [2.75, 3.05) is 13.1 Å². The number of aliphatic hydroxyl groups excluding tert-OH is 1. The Labute approximate surface area is 567 Å². The number of alkyl halides is 4. The van der Waals surface area contributed by atoms with Gasteiger partial charge in [0.1, 0.15) is 6.10 Å². The van der Waals surface area contributed by atoms with E-state index in [1.54, 1.807) is 28.0 Å². The van der Waals surface area contributed by atoms with Crippen LogP contribution < -0.4 is 0 Å². The number of carbonyl (C=O) groups is 5. The van der Waals surface area contributed by atoms with Crippen molar-refractivity contribution in [2.45, 2.75) is 211 Å². The summed E-state index contributed by atoms with van der Waals surface area (Å²) in [4.78, 5) is 63.4. The Bertz CT molecular complexity index is 2900. The molecular formula is C76H100ClF4N3O8Ru. The molecule has 0 radical (unpaired) electrons. The predicted molar refractivity (Wildman–Crippen MR) is 363 cm³/mol. The Balaban J connectivity index is 0.000000449.